The standard InChI is InChI=1S/C17H24N2O5/c1-17(2,3)19-16(22)18-14(20)11-24-15(21)10-7-12-5-8-13(23-4)9-6-12/h5-6,8-9H,7,10-11H2,1-4H3,(H2,18,19,20,22). The van der Waals surface area contributed by atoms with Crippen LogP contribution in [0.2, 0.25) is 0 Å². The molecule has 0 fully saturated rings. The van der Waals surface area contributed by atoms with Gasteiger partial charge in [0, 0.05) is 12.0 Å². The van der Waals surface area contributed by atoms with Gasteiger partial charge >= 0.3 is 12.0 Å². The summed E-state index contributed by atoms with van der Waals surface area (Å²) in [5, 5.41) is 4.67. The third-order valence-electron chi connectivity index (χ3n) is 2.88. The summed E-state index contributed by atoms with van der Waals surface area (Å²) in [5.74, 6) is -0.432. The van der Waals surface area contributed by atoms with Gasteiger partial charge in [0.2, 0.25) is 0 Å². The van der Waals surface area contributed by atoms with Gasteiger partial charge in [-0.05, 0) is 44.9 Å². The molecule has 0 unspecified atom stereocenters. The van der Waals surface area contributed by atoms with E-state index in [4.69, 9.17) is 9.47 Å². The molecule has 1 aromatic rings. The molecular formula is C17H24N2O5. The quantitative estimate of drug-likeness (QED) is 0.773. The lowest BCUT2D eigenvalue weighted by Crippen LogP contribution is -2.49. The Kier molecular flexibility index (Phi) is 7.23. The van der Waals surface area contributed by atoms with Gasteiger partial charge in [-0.15, -0.1) is 0 Å². The van der Waals surface area contributed by atoms with Crippen LogP contribution in [0, 0.1) is 0 Å². The molecule has 0 aliphatic carbocycles. The van der Waals surface area contributed by atoms with E-state index in [-0.39, 0.29) is 6.42 Å². The first-order valence-electron chi connectivity index (χ1n) is 7.60. The molecule has 1 rings (SSSR count). The van der Waals surface area contributed by atoms with Crippen LogP contribution in [0.5, 0.6) is 5.75 Å². The van der Waals surface area contributed by atoms with Crippen LogP contribution in [-0.4, -0.2) is 37.2 Å². The summed E-state index contributed by atoms with van der Waals surface area (Å²) in [5.41, 5.74) is 0.501. The monoisotopic (exact) mass is 336 g/mol. The van der Waals surface area contributed by atoms with Crippen LogP contribution in [0.4, 0.5) is 4.79 Å². The molecule has 0 atom stereocenters. The molecular weight excluding hydrogens is 312 g/mol. The number of carbonyl (C=O) groups is 3. The fraction of sp³-hybridized carbons (Fsp3) is 0.471. The minimum Gasteiger partial charge on any atom is -0.497 e. The van der Waals surface area contributed by atoms with Gasteiger partial charge in [-0.1, -0.05) is 12.1 Å². The summed E-state index contributed by atoms with van der Waals surface area (Å²) in [4.78, 5) is 34.6. The Morgan fingerprint density at radius 2 is 1.71 bits per heavy atom. The smallest absolute Gasteiger partial charge is 0.321 e. The van der Waals surface area contributed by atoms with E-state index in [9.17, 15) is 14.4 Å². The third-order valence-corrected chi connectivity index (χ3v) is 2.88. The van der Waals surface area contributed by atoms with Gasteiger partial charge in [-0.2, -0.15) is 0 Å². The lowest BCUT2D eigenvalue weighted by Gasteiger charge is -2.20. The van der Waals surface area contributed by atoms with Gasteiger partial charge in [-0.25, -0.2) is 4.79 Å². The van der Waals surface area contributed by atoms with Crippen molar-refractivity contribution in [3.05, 3.63) is 29.8 Å². The summed E-state index contributed by atoms with van der Waals surface area (Å²) in [6, 6.07) is 6.71. The number of imide groups is 1. The van der Waals surface area contributed by atoms with Crippen molar-refractivity contribution in [1.82, 2.24) is 10.6 Å². The molecule has 24 heavy (non-hydrogen) atoms. The molecule has 0 aliphatic rings. The summed E-state index contributed by atoms with van der Waals surface area (Å²) < 4.78 is 9.90. The maximum atomic E-state index is 11.6. The fourth-order valence-electron chi connectivity index (χ4n) is 1.79. The Balaban J connectivity index is 2.27. The number of ether oxygens (including phenoxy) is 2. The van der Waals surface area contributed by atoms with Crippen LogP contribution < -0.4 is 15.4 Å². The number of methoxy groups -OCH3 is 1. The fourth-order valence-corrected chi connectivity index (χ4v) is 1.79. The molecule has 7 heteroatoms. The predicted octanol–water partition coefficient (Wildman–Crippen LogP) is 1.80. The van der Waals surface area contributed by atoms with Crippen LogP contribution in [0.25, 0.3) is 0 Å². The number of hydrogen-bond acceptors (Lipinski definition) is 5. The van der Waals surface area contributed by atoms with E-state index in [1.165, 1.54) is 0 Å². The SMILES string of the molecule is COc1ccc(CCC(=O)OCC(=O)NC(=O)NC(C)(C)C)cc1. The number of esters is 1. The number of rotatable bonds is 6. The molecule has 1 aromatic carbocycles. The van der Waals surface area contributed by atoms with Crippen LogP contribution in [0.15, 0.2) is 24.3 Å². The summed E-state index contributed by atoms with van der Waals surface area (Å²) in [6.07, 6.45) is 0.642. The summed E-state index contributed by atoms with van der Waals surface area (Å²) in [6.45, 7) is 4.88. The van der Waals surface area contributed by atoms with Gasteiger partial charge in [-0.3, -0.25) is 14.9 Å². The molecule has 0 heterocycles. The molecule has 0 saturated carbocycles. The molecule has 0 radical (unpaired) electrons. The van der Waals surface area contributed by atoms with E-state index >= 15 is 0 Å². The highest BCUT2D eigenvalue weighted by atomic mass is 16.5. The van der Waals surface area contributed by atoms with Gasteiger partial charge in [0.15, 0.2) is 6.61 Å². The highest BCUT2D eigenvalue weighted by molar-refractivity contribution is 5.95. The topological polar surface area (TPSA) is 93.7 Å². The molecule has 2 N–H and O–H groups in total. The molecule has 0 bridgehead atoms. The van der Waals surface area contributed by atoms with Crippen molar-refractivity contribution in [2.45, 2.75) is 39.2 Å². The number of aryl methyl sites for hydroxylation is 1. The first-order valence-corrected chi connectivity index (χ1v) is 7.60. The molecule has 132 valence electrons. The number of nitrogens with one attached hydrogen (secondary N) is 2. The second kappa shape index (κ2) is 8.90. The first-order chi connectivity index (χ1) is 11.2. The zero-order valence-corrected chi connectivity index (χ0v) is 14.5. The largest absolute Gasteiger partial charge is 0.497 e. The summed E-state index contributed by atoms with van der Waals surface area (Å²) >= 11 is 0. The predicted molar refractivity (Wildman–Crippen MR) is 88.7 cm³/mol. The van der Waals surface area contributed by atoms with E-state index < -0.39 is 30.1 Å². The zero-order valence-electron chi connectivity index (χ0n) is 14.5. The molecule has 7 nitrogen and oxygen atoms in total. The minimum absolute atomic E-state index is 0.147. The Hall–Kier alpha value is -2.57. The van der Waals surface area contributed by atoms with Gasteiger partial charge in [0.25, 0.3) is 5.91 Å². The zero-order chi connectivity index (χ0) is 18.2. The Bertz CT molecular complexity index is 576. The second-order valence-corrected chi connectivity index (χ2v) is 6.26. The Morgan fingerprint density at radius 3 is 2.25 bits per heavy atom. The van der Waals surface area contributed by atoms with E-state index in [1.807, 2.05) is 24.3 Å². The van der Waals surface area contributed by atoms with E-state index in [1.54, 1.807) is 27.9 Å². The normalized spacial score (nSPS) is 10.7. The van der Waals surface area contributed by atoms with Gasteiger partial charge < -0.3 is 14.8 Å². The molecule has 3 amide bonds. The lowest BCUT2D eigenvalue weighted by molar-refractivity contribution is -0.148. The van der Waals surface area contributed by atoms with Crippen molar-refractivity contribution >= 4 is 17.9 Å². The molecule has 0 spiro atoms. The highest BCUT2D eigenvalue weighted by Crippen LogP contribution is 2.12. The number of benzene rings is 1. The van der Waals surface area contributed by atoms with Crippen molar-refractivity contribution in [2.75, 3.05) is 13.7 Å². The lowest BCUT2D eigenvalue weighted by atomic mass is 10.1. The van der Waals surface area contributed by atoms with Gasteiger partial charge in [0.05, 0.1) is 7.11 Å². The van der Waals surface area contributed by atoms with Crippen molar-refractivity contribution in [2.24, 2.45) is 0 Å². The number of carbonyl (C=O) groups excluding carboxylic acids is 3. The third kappa shape index (κ3) is 8.17. The second-order valence-electron chi connectivity index (χ2n) is 6.26. The Morgan fingerprint density at radius 1 is 1.08 bits per heavy atom. The maximum Gasteiger partial charge on any atom is 0.321 e. The van der Waals surface area contributed by atoms with E-state index in [2.05, 4.69) is 10.6 Å². The number of amides is 3. The molecule has 0 saturated heterocycles. The van der Waals surface area contributed by atoms with Crippen molar-refractivity contribution < 1.29 is 23.9 Å². The van der Waals surface area contributed by atoms with Crippen molar-refractivity contribution in [3.63, 3.8) is 0 Å². The van der Waals surface area contributed by atoms with Gasteiger partial charge in [0.1, 0.15) is 5.75 Å². The average molecular weight is 336 g/mol. The van der Waals surface area contributed by atoms with Crippen LogP contribution in [0.1, 0.15) is 32.8 Å². The van der Waals surface area contributed by atoms with Crippen molar-refractivity contribution in [1.29, 1.82) is 0 Å². The molecule has 0 aromatic heterocycles. The first kappa shape index (κ1) is 19.5. The van der Waals surface area contributed by atoms with E-state index in [0.717, 1.165) is 11.3 Å². The van der Waals surface area contributed by atoms with Crippen molar-refractivity contribution in [3.8, 4) is 5.75 Å². The number of hydrogen-bond donors (Lipinski definition) is 2. The van der Waals surface area contributed by atoms with Crippen LogP contribution in [0.3, 0.4) is 0 Å². The molecule has 0 aliphatic heterocycles. The summed E-state index contributed by atoms with van der Waals surface area (Å²) in [7, 11) is 1.58. The maximum absolute atomic E-state index is 11.6. The van der Waals surface area contributed by atoms with E-state index in [0.29, 0.717) is 6.42 Å². The Labute approximate surface area is 141 Å². The van der Waals surface area contributed by atoms with Crippen LogP contribution >= 0.6 is 0 Å². The average Bonchev–Trinajstić information content (AvgIpc) is 2.49. The highest BCUT2D eigenvalue weighted by Gasteiger charge is 2.16. The minimum atomic E-state index is -0.672. The number of urea groups is 1. The van der Waals surface area contributed by atoms with Crippen LogP contribution in [-0.2, 0) is 20.7 Å².